The summed E-state index contributed by atoms with van der Waals surface area (Å²) in [6, 6.07) is 20.1. The van der Waals surface area contributed by atoms with Crippen LogP contribution in [0.3, 0.4) is 0 Å². The molecule has 0 aliphatic carbocycles. The molecule has 8 heteroatoms. The van der Waals surface area contributed by atoms with Crippen LogP contribution in [0.25, 0.3) is 11.1 Å². The first kappa shape index (κ1) is 27.5. The van der Waals surface area contributed by atoms with Gasteiger partial charge in [-0.3, -0.25) is 13.9 Å². The summed E-state index contributed by atoms with van der Waals surface area (Å²) >= 11 is 0. The second-order valence-corrected chi connectivity index (χ2v) is 13.2. The lowest BCUT2D eigenvalue weighted by Gasteiger charge is -2.40. The Morgan fingerprint density at radius 2 is 1.64 bits per heavy atom. The van der Waals surface area contributed by atoms with Gasteiger partial charge in [-0.05, 0) is 77.6 Å². The van der Waals surface area contributed by atoms with Crippen molar-refractivity contribution in [1.82, 2.24) is 0 Å². The van der Waals surface area contributed by atoms with Gasteiger partial charge < -0.3 is 19.3 Å². The second kappa shape index (κ2) is 11.2. The fraction of sp³-hybridized carbons (Fsp3) is 0.387. The second-order valence-electron chi connectivity index (χ2n) is 10.8. The Morgan fingerprint density at radius 1 is 0.974 bits per heavy atom. The number of aliphatic carboxylic acids is 1. The minimum atomic E-state index is -2.42. The van der Waals surface area contributed by atoms with E-state index in [0.29, 0.717) is 44.2 Å². The maximum Gasteiger partial charge on any atom is 0.304 e. The first-order valence-corrected chi connectivity index (χ1v) is 15.1. The molecule has 3 aromatic carbocycles. The number of benzene rings is 3. The molecular formula is C31H36O7S. The molecule has 7 nitrogen and oxygen atoms in total. The summed E-state index contributed by atoms with van der Waals surface area (Å²) in [6.45, 7) is 5.43. The van der Waals surface area contributed by atoms with Crippen LogP contribution in [0.1, 0.15) is 41.5 Å². The molecule has 39 heavy (non-hydrogen) atoms. The molecule has 2 aliphatic rings. The highest BCUT2D eigenvalue weighted by Gasteiger charge is 2.42. The van der Waals surface area contributed by atoms with Crippen molar-refractivity contribution in [3.63, 3.8) is 0 Å². The summed E-state index contributed by atoms with van der Waals surface area (Å²) in [5.74, 6) is 1.55. The van der Waals surface area contributed by atoms with Crippen molar-refractivity contribution in [2.45, 2.75) is 51.2 Å². The monoisotopic (exact) mass is 552 g/mol. The van der Waals surface area contributed by atoms with E-state index in [9.17, 15) is 19.0 Å². The van der Waals surface area contributed by atoms with E-state index in [1.165, 1.54) is 0 Å². The van der Waals surface area contributed by atoms with Crippen LogP contribution in [0.2, 0.25) is 0 Å². The summed E-state index contributed by atoms with van der Waals surface area (Å²) < 4.78 is 37.3. The Morgan fingerprint density at radius 3 is 2.23 bits per heavy atom. The van der Waals surface area contributed by atoms with Crippen molar-refractivity contribution in [1.29, 1.82) is 0 Å². The number of carboxylic acids is 1. The van der Waals surface area contributed by atoms with E-state index < -0.39 is 22.0 Å². The van der Waals surface area contributed by atoms with Crippen molar-refractivity contribution in [2.24, 2.45) is 0 Å². The number of carbonyl (C=O) groups is 1. The fourth-order valence-electron chi connectivity index (χ4n) is 5.54. The molecular weight excluding hydrogens is 516 g/mol. The minimum absolute atomic E-state index is 0.00822. The lowest BCUT2D eigenvalue weighted by atomic mass is 9.76. The molecule has 0 amide bonds. The van der Waals surface area contributed by atoms with E-state index in [1.54, 1.807) is 0 Å². The van der Waals surface area contributed by atoms with Crippen molar-refractivity contribution >= 4 is 16.6 Å². The van der Waals surface area contributed by atoms with Crippen LogP contribution in [0.5, 0.6) is 11.5 Å². The van der Waals surface area contributed by atoms with Crippen LogP contribution in [-0.4, -0.2) is 51.0 Å². The van der Waals surface area contributed by atoms with Gasteiger partial charge in [0.25, 0.3) is 0 Å². The highest BCUT2D eigenvalue weighted by Crippen LogP contribution is 2.45. The molecule has 0 unspecified atom stereocenters. The standard InChI is InChI=1S/C31H36O7S/c1-21-14-28(38-27-10-12-39(34,35)13-11-27)15-22(2)30(21)24-5-3-4-23(16-24)18-37-26-8-6-25(7-9-26)31(17-29(32)33)19-36-20-31/h3-9,14-16,27,34-35H,10-13,17-20H2,1-2H3,(H,32,33). The highest BCUT2D eigenvalue weighted by atomic mass is 32.3. The summed E-state index contributed by atoms with van der Waals surface area (Å²) in [5, 5.41) is 9.27. The predicted octanol–water partition coefficient (Wildman–Crippen LogP) is 6.58. The van der Waals surface area contributed by atoms with Gasteiger partial charge in [0.2, 0.25) is 0 Å². The summed E-state index contributed by atoms with van der Waals surface area (Å²) in [7, 11) is -2.42. The Kier molecular flexibility index (Phi) is 7.91. The molecule has 0 bridgehead atoms. The molecule has 2 heterocycles. The Labute approximate surface area is 231 Å². The quantitative estimate of drug-likeness (QED) is 0.275. The molecule has 3 aromatic rings. The van der Waals surface area contributed by atoms with Crippen LogP contribution in [-0.2, 0) is 21.6 Å². The number of rotatable bonds is 9. The van der Waals surface area contributed by atoms with Gasteiger partial charge in [0, 0.05) is 24.3 Å². The summed E-state index contributed by atoms with van der Waals surface area (Å²) in [5.41, 5.74) is 6.08. The molecule has 5 rings (SSSR count). The zero-order valence-corrected chi connectivity index (χ0v) is 23.2. The number of ether oxygens (including phenoxy) is 3. The summed E-state index contributed by atoms with van der Waals surface area (Å²) in [4.78, 5) is 11.3. The minimum Gasteiger partial charge on any atom is -0.490 e. The van der Waals surface area contributed by atoms with E-state index in [2.05, 4.69) is 38.1 Å². The molecule has 2 fully saturated rings. The normalized spacial score (nSPS) is 19.1. The average Bonchev–Trinajstić information content (AvgIpc) is 2.86. The SMILES string of the molecule is Cc1cc(OC2CCS(O)(O)CC2)cc(C)c1-c1cccc(COc2ccc(C3(CC(=O)O)COC3)cc2)c1. The van der Waals surface area contributed by atoms with Gasteiger partial charge in [-0.1, -0.05) is 30.3 Å². The maximum absolute atomic E-state index is 11.3. The first-order chi connectivity index (χ1) is 18.6. The van der Waals surface area contributed by atoms with Gasteiger partial charge in [0.05, 0.1) is 25.0 Å². The highest BCUT2D eigenvalue weighted by molar-refractivity contribution is 8.24. The van der Waals surface area contributed by atoms with E-state index in [4.69, 9.17) is 14.2 Å². The van der Waals surface area contributed by atoms with Crippen molar-refractivity contribution < 1.29 is 33.2 Å². The average molecular weight is 553 g/mol. The van der Waals surface area contributed by atoms with E-state index in [-0.39, 0.29) is 12.5 Å². The van der Waals surface area contributed by atoms with Crippen LogP contribution < -0.4 is 9.47 Å². The summed E-state index contributed by atoms with van der Waals surface area (Å²) in [6.07, 6.45) is 1.38. The largest absolute Gasteiger partial charge is 0.490 e. The fourth-order valence-corrected chi connectivity index (χ4v) is 7.03. The van der Waals surface area contributed by atoms with Gasteiger partial charge in [-0.2, -0.15) is 10.6 Å². The lowest BCUT2D eigenvalue weighted by molar-refractivity contribution is -0.145. The van der Waals surface area contributed by atoms with Crippen molar-refractivity contribution in [3.8, 4) is 22.6 Å². The zero-order chi connectivity index (χ0) is 27.6. The molecule has 3 N–H and O–H groups in total. The molecule has 2 saturated heterocycles. The van der Waals surface area contributed by atoms with Crippen LogP contribution in [0.4, 0.5) is 0 Å². The maximum atomic E-state index is 11.3. The molecule has 0 spiro atoms. The Bertz CT molecular complexity index is 1300. The first-order valence-electron chi connectivity index (χ1n) is 13.3. The Hall–Kier alpha value is -3.04. The molecule has 208 valence electrons. The zero-order valence-electron chi connectivity index (χ0n) is 22.4. The number of aryl methyl sites for hydroxylation is 2. The van der Waals surface area contributed by atoms with Crippen LogP contribution in [0.15, 0.2) is 60.7 Å². The van der Waals surface area contributed by atoms with Gasteiger partial charge >= 0.3 is 5.97 Å². The third-order valence-corrected chi connectivity index (χ3v) is 9.46. The van der Waals surface area contributed by atoms with Crippen molar-refractivity contribution in [2.75, 3.05) is 24.7 Å². The molecule has 0 atom stereocenters. The third kappa shape index (κ3) is 6.41. The molecule has 2 aliphatic heterocycles. The molecule has 0 saturated carbocycles. The van der Waals surface area contributed by atoms with Crippen molar-refractivity contribution in [3.05, 3.63) is 82.9 Å². The van der Waals surface area contributed by atoms with Gasteiger partial charge in [0.15, 0.2) is 0 Å². The number of hydrogen-bond donors (Lipinski definition) is 3. The lowest BCUT2D eigenvalue weighted by Crippen LogP contribution is -2.48. The van der Waals surface area contributed by atoms with E-state index in [0.717, 1.165) is 44.9 Å². The third-order valence-electron chi connectivity index (χ3n) is 7.68. The van der Waals surface area contributed by atoms with Gasteiger partial charge in [-0.25, -0.2) is 0 Å². The van der Waals surface area contributed by atoms with Gasteiger partial charge in [-0.15, -0.1) is 0 Å². The number of hydrogen-bond acceptors (Lipinski definition) is 6. The smallest absolute Gasteiger partial charge is 0.304 e. The molecule has 0 aromatic heterocycles. The molecule has 0 radical (unpaired) electrons. The van der Waals surface area contributed by atoms with E-state index >= 15 is 0 Å². The topological polar surface area (TPSA) is 105 Å². The van der Waals surface area contributed by atoms with Crippen LogP contribution in [0, 0.1) is 13.8 Å². The predicted molar refractivity (Wildman–Crippen MR) is 153 cm³/mol. The van der Waals surface area contributed by atoms with E-state index in [1.807, 2.05) is 36.4 Å². The Balaban J connectivity index is 1.24. The van der Waals surface area contributed by atoms with Gasteiger partial charge in [0.1, 0.15) is 24.2 Å². The number of carboxylic acid groups (broad SMARTS) is 1. The van der Waals surface area contributed by atoms with Crippen LogP contribution >= 0.6 is 10.6 Å².